The zero-order chi connectivity index (χ0) is 33.3. The summed E-state index contributed by atoms with van der Waals surface area (Å²) in [5.41, 5.74) is 8.45. The zero-order valence-corrected chi connectivity index (χ0v) is 28.9. The van der Waals surface area contributed by atoms with Crippen LogP contribution < -0.4 is 20.7 Å². The molecule has 0 bridgehead atoms. The van der Waals surface area contributed by atoms with Crippen LogP contribution in [0.4, 0.5) is 10.6 Å². The van der Waals surface area contributed by atoms with E-state index < -0.39 is 16.1 Å². The van der Waals surface area contributed by atoms with Crippen molar-refractivity contribution in [3.8, 4) is 11.8 Å². The molecule has 1 atom stereocenters. The van der Waals surface area contributed by atoms with E-state index in [0.29, 0.717) is 68.5 Å². The summed E-state index contributed by atoms with van der Waals surface area (Å²) in [5.74, 6) is 0.935. The molecule has 4 heterocycles. The number of aromatic nitrogens is 2. The number of hydrogen-bond donors (Lipinski definition) is 2. The molecule has 258 valence electrons. The second-order valence-electron chi connectivity index (χ2n) is 12.7. The summed E-state index contributed by atoms with van der Waals surface area (Å²) in [7, 11) is -1.86. The van der Waals surface area contributed by atoms with Gasteiger partial charge in [0.15, 0.2) is 5.82 Å². The van der Waals surface area contributed by atoms with Crippen LogP contribution in [0.3, 0.4) is 0 Å². The normalized spacial score (nSPS) is 19.5. The minimum atomic E-state index is -3.72. The van der Waals surface area contributed by atoms with Crippen LogP contribution in [0, 0.1) is 11.3 Å². The van der Waals surface area contributed by atoms with Gasteiger partial charge in [-0.3, -0.25) is 24.6 Å². The van der Waals surface area contributed by atoms with E-state index in [1.165, 1.54) is 33.0 Å². The molecule has 48 heavy (non-hydrogen) atoms. The number of aryl methyl sites for hydroxylation is 1. The Morgan fingerprint density at radius 1 is 1.06 bits per heavy atom. The summed E-state index contributed by atoms with van der Waals surface area (Å²) in [6.45, 7) is 5.50. The summed E-state index contributed by atoms with van der Waals surface area (Å²) in [5, 5.41) is 17.6. The molecule has 3 aliphatic rings. The Labute approximate surface area is 287 Å². The highest BCUT2D eigenvalue weighted by atomic mass is 35.5. The summed E-state index contributed by atoms with van der Waals surface area (Å²) in [6, 6.07) is 12.5. The van der Waals surface area contributed by atoms with Crippen molar-refractivity contribution in [1.82, 2.24) is 24.3 Å². The molecule has 6 rings (SSSR count). The lowest BCUT2D eigenvalue weighted by molar-refractivity contribution is -0.120. The SMILES string of the molecule is CCC(CN1CCC(c2ccc3c(N4CCC(=O)NC4=O)nn(C)c3c2)CC1)Oc1cc(S(=O)(=O)N2CCC(N)CC2)ccc1C#N.Cl. The molecular weight excluding hydrogens is 656 g/mol. The lowest BCUT2D eigenvalue weighted by Gasteiger charge is -2.34. The smallest absolute Gasteiger partial charge is 0.329 e. The molecule has 1 unspecified atom stereocenters. The third-order valence-electron chi connectivity index (χ3n) is 9.65. The molecule has 3 N–H and O–H groups in total. The average Bonchev–Trinajstić information content (AvgIpc) is 3.39. The van der Waals surface area contributed by atoms with Gasteiger partial charge in [-0.1, -0.05) is 13.0 Å². The molecule has 13 nitrogen and oxygen atoms in total. The van der Waals surface area contributed by atoms with Gasteiger partial charge in [-0.15, -0.1) is 12.4 Å². The summed E-state index contributed by atoms with van der Waals surface area (Å²) in [6.07, 6.45) is 3.89. The van der Waals surface area contributed by atoms with Crippen molar-refractivity contribution < 1.29 is 22.7 Å². The van der Waals surface area contributed by atoms with E-state index in [0.717, 1.165) is 36.8 Å². The predicted octanol–water partition coefficient (Wildman–Crippen LogP) is 3.46. The van der Waals surface area contributed by atoms with Gasteiger partial charge in [0.05, 0.1) is 16.0 Å². The summed E-state index contributed by atoms with van der Waals surface area (Å²) >= 11 is 0. The second-order valence-corrected chi connectivity index (χ2v) is 14.7. The molecule has 3 fully saturated rings. The Kier molecular flexibility index (Phi) is 11.0. The molecule has 3 saturated heterocycles. The van der Waals surface area contributed by atoms with Crippen LogP contribution in [-0.4, -0.2) is 90.8 Å². The van der Waals surface area contributed by atoms with Crippen LogP contribution in [-0.2, 0) is 21.9 Å². The number of amides is 3. The number of nitriles is 1. The van der Waals surface area contributed by atoms with Crippen molar-refractivity contribution in [2.24, 2.45) is 12.8 Å². The van der Waals surface area contributed by atoms with Crippen molar-refractivity contribution in [3.05, 3.63) is 47.5 Å². The largest absolute Gasteiger partial charge is 0.488 e. The van der Waals surface area contributed by atoms with Crippen LogP contribution in [0.1, 0.15) is 62.5 Å². The minimum Gasteiger partial charge on any atom is -0.488 e. The molecule has 0 spiro atoms. The first-order valence-corrected chi connectivity index (χ1v) is 17.8. The van der Waals surface area contributed by atoms with Gasteiger partial charge in [0, 0.05) is 57.1 Å². The highest BCUT2D eigenvalue weighted by Gasteiger charge is 2.31. The highest BCUT2D eigenvalue weighted by Crippen LogP contribution is 2.34. The van der Waals surface area contributed by atoms with Crippen LogP contribution >= 0.6 is 12.4 Å². The number of anilines is 1. The number of nitrogens with zero attached hydrogens (tertiary/aromatic N) is 6. The second kappa shape index (κ2) is 14.8. The third kappa shape index (κ3) is 7.30. The fourth-order valence-electron chi connectivity index (χ4n) is 6.76. The Morgan fingerprint density at radius 2 is 1.79 bits per heavy atom. The van der Waals surface area contributed by atoms with E-state index >= 15 is 0 Å². The lowest BCUT2D eigenvalue weighted by atomic mass is 9.89. The number of urea groups is 1. The molecule has 15 heteroatoms. The van der Waals surface area contributed by atoms with Crippen LogP contribution in [0.25, 0.3) is 10.9 Å². The van der Waals surface area contributed by atoms with Gasteiger partial charge in [0.25, 0.3) is 0 Å². The molecule has 3 aromatic rings. The quantitative estimate of drug-likeness (QED) is 0.340. The maximum atomic E-state index is 13.4. The van der Waals surface area contributed by atoms with Crippen molar-refractivity contribution in [2.45, 2.75) is 68.4 Å². The van der Waals surface area contributed by atoms with E-state index in [-0.39, 0.29) is 41.8 Å². The standard InChI is InChI=1S/C33H42N8O5S.ClH/c1-3-26(46-30-19-27(6-4-24(30)20-34)47(44,45)40-15-10-25(35)11-16-40)21-39-13-8-22(9-14-39)23-5-7-28-29(18-23)38(2)37-32(28)41-17-12-31(42)36-33(41)43;/h4-7,18-19,22,25-26H,3,8-17,21,35H2,1-2H3,(H,36,42,43);1H. The maximum absolute atomic E-state index is 13.4. The third-order valence-corrected chi connectivity index (χ3v) is 11.5. The van der Waals surface area contributed by atoms with Crippen molar-refractivity contribution in [3.63, 3.8) is 0 Å². The lowest BCUT2D eigenvalue weighted by Crippen LogP contribution is -2.49. The van der Waals surface area contributed by atoms with Crippen molar-refractivity contribution in [2.75, 3.05) is 44.2 Å². The monoisotopic (exact) mass is 698 g/mol. The highest BCUT2D eigenvalue weighted by molar-refractivity contribution is 7.89. The number of rotatable bonds is 9. The number of imide groups is 1. The van der Waals surface area contributed by atoms with E-state index in [1.54, 1.807) is 4.68 Å². The number of carbonyl (C=O) groups excluding carboxylic acids is 2. The zero-order valence-electron chi connectivity index (χ0n) is 27.3. The van der Waals surface area contributed by atoms with Gasteiger partial charge >= 0.3 is 6.03 Å². The number of carbonyl (C=O) groups is 2. The minimum absolute atomic E-state index is 0. The molecule has 1 aromatic heterocycles. The number of likely N-dealkylation sites (tertiary alicyclic amines) is 1. The topological polar surface area (TPSA) is 167 Å². The Hall–Kier alpha value is -3.74. The van der Waals surface area contributed by atoms with Crippen molar-refractivity contribution >= 4 is 51.1 Å². The molecular formula is C33H43ClN8O5S. The molecule has 3 aliphatic heterocycles. The summed E-state index contributed by atoms with van der Waals surface area (Å²) in [4.78, 5) is 28.1. The van der Waals surface area contributed by atoms with Gasteiger partial charge in [-0.05, 0) is 80.9 Å². The molecule has 0 radical (unpaired) electrons. The van der Waals surface area contributed by atoms with Gasteiger partial charge in [-0.2, -0.15) is 14.7 Å². The number of ether oxygens (including phenoxy) is 1. The van der Waals surface area contributed by atoms with Crippen LogP contribution in [0.5, 0.6) is 5.75 Å². The van der Waals surface area contributed by atoms with Crippen molar-refractivity contribution in [1.29, 1.82) is 5.26 Å². The Balaban J connectivity index is 0.00000451. The first kappa shape index (κ1) is 35.6. The Bertz CT molecular complexity index is 1810. The van der Waals surface area contributed by atoms with Gasteiger partial charge in [0.1, 0.15) is 17.9 Å². The van der Waals surface area contributed by atoms with E-state index in [4.69, 9.17) is 10.5 Å². The van der Waals surface area contributed by atoms with E-state index in [2.05, 4.69) is 33.5 Å². The van der Waals surface area contributed by atoms with Gasteiger partial charge < -0.3 is 10.5 Å². The van der Waals surface area contributed by atoms with Crippen LogP contribution in [0.15, 0.2) is 41.3 Å². The average molecular weight is 699 g/mol. The number of halogens is 1. The number of hydrogen-bond acceptors (Lipinski definition) is 9. The van der Waals surface area contributed by atoms with Gasteiger partial charge in [0.2, 0.25) is 15.9 Å². The first-order chi connectivity index (χ1) is 22.6. The van der Waals surface area contributed by atoms with Crippen LogP contribution in [0.2, 0.25) is 0 Å². The fraction of sp³-hybridized carbons (Fsp3) is 0.515. The molecule has 3 amide bonds. The number of nitrogens with one attached hydrogen (secondary N) is 1. The number of piperidine rings is 2. The number of nitrogens with two attached hydrogens (primary N) is 1. The molecule has 2 aromatic carbocycles. The molecule has 0 aliphatic carbocycles. The number of benzene rings is 2. The molecule has 0 saturated carbocycles. The van der Waals surface area contributed by atoms with E-state index in [1.807, 2.05) is 20.0 Å². The first-order valence-electron chi connectivity index (χ1n) is 16.3. The fourth-order valence-corrected chi connectivity index (χ4v) is 8.24. The van der Waals surface area contributed by atoms with E-state index in [9.17, 15) is 23.3 Å². The summed E-state index contributed by atoms with van der Waals surface area (Å²) < 4.78 is 36.3. The predicted molar refractivity (Wildman–Crippen MR) is 184 cm³/mol. The number of sulfonamides is 1. The Morgan fingerprint density at radius 3 is 2.46 bits per heavy atom. The number of fused-ring (bicyclic) bond motifs is 1. The van der Waals surface area contributed by atoms with Gasteiger partial charge in [-0.25, -0.2) is 13.2 Å². The maximum Gasteiger partial charge on any atom is 0.329 e.